The van der Waals surface area contributed by atoms with Crippen LogP contribution >= 0.6 is 22.9 Å². The Bertz CT molecular complexity index is 1670. The molecule has 0 saturated carbocycles. The molecule has 4 aromatic rings. The van der Waals surface area contributed by atoms with Crippen LogP contribution in [0.5, 0.6) is 0 Å². The lowest BCUT2D eigenvalue weighted by atomic mass is 10.2. The van der Waals surface area contributed by atoms with Gasteiger partial charge in [-0.2, -0.15) is 4.99 Å². The van der Waals surface area contributed by atoms with Gasteiger partial charge >= 0.3 is 5.97 Å². The molecule has 184 valence electrons. The van der Waals surface area contributed by atoms with Crippen LogP contribution in [0.4, 0.5) is 5.69 Å². The summed E-state index contributed by atoms with van der Waals surface area (Å²) in [7, 11) is -2.49. The van der Waals surface area contributed by atoms with Crippen LogP contribution in [0, 0.1) is 0 Å². The highest BCUT2D eigenvalue weighted by Gasteiger charge is 2.30. The molecule has 0 saturated heterocycles. The first-order valence-corrected chi connectivity index (χ1v) is 13.6. The van der Waals surface area contributed by atoms with E-state index in [0.717, 1.165) is 10.3 Å². The number of para-hydroxylation sites is 1. The fraction of sp³-hybridized carbons (Fsp3) is 0.160. The Kier molecular flexibility index (Phi) is 6.42. The maximum absolute atomic E-state index is 13.2. The average molecular weight is 542 g/mol. The summed E-state index contributed by atoms with van der Waals surface area (Å²) in [5.41, 5.74) is 2.56. The highest BCUT2D eigenvalue weighted by atomic mass is 35.5. The van der Waals surface area contributed by atoms with Gasteiger partial charge in [-0.05, 0) is 60.5 Å². The van der Waals surface area contributed by atoms with Crippen molar-refractivity contribution in [3.8, 4) is 0 Å². The fourth-order valence-electron chi connectivity index (χ4n) is 4.08. The first-order valence-electron chi connectivity index (χ1n) is 10.9. The van der Waals surface area contributed by atoms with Crippen molar-refractivity contribution in [3.63, 3.8) is 0 Å². The minimum Gasteiger partial charge on any atom is -0.468 e. The van der Waals surface area contributed by atoms with Gasteiger partial charge in [0.2, 0.25) is 0 Å². The van der Waals surface area contributed by atoms with Gasteiger partial charge < -0.3 is 9.30 Å². The second-order valence-electron chi connectivity index (χ2n) is 8.06. The number of halogens is 1. The number of nitrogens with zero attached hydrogens (tertiary/aromatic N) is 3. The third kappa shape index (κ3) is 4.43. The van der Waals surface area contributed by atoms with Crippen LogP contribution in [-0.2, 0) is 32.5 Å². The second kappa shape index (κ2) is 9.53. The Balaban J connectivity index is 1.47. The average Bonchev–Trinajstić information content (AvgIpc) is 3.45. The zero-order valence-electron chi connectivity index (χ0n) is 19.0. The minimum absolute atomic E-state index is 0.0908. The number of hydrogen-bond donors (Lipinski definition) is 0. The number of thiazole rings is 1. The van der Waals surface area contributed by atoms with Crippen molar-refractivity contribution >= 4 is 60.7 Å². The van der Waals surface area contributed by atoms with E-state index >= 15 is 0 Å². The minimum atomic E-state index is -3.77. The highest BCUT2D eigenvalue weighted by molar-refractivity contribution is 7.92. The molecule has 0 unspecified atom stereocenters. The third-order valence-corrected chi connectivity index (χ3v) is 8.99. The molecule has 1 aliphatic heterocycles. The molecule has 0 spiro atoms. The Hall–Kier alpha value is -3.47. The summed E-state index contributed by atoms with van der Waals surface area (Å²) >= 11 is 7.31. The highest BCUT2D eigenvalue weighted by Crippen LogP contribution is 2.32. The predicted molar refractivity (Wildman–Crippen MR) is 138 cm³/mol. The van der Waals surface area contributed by atoms with Gasteiger partial charge in [-0.25, -0.2) is 8.42 Å². The number of benzene rings is 3. The van der Waals surface area contributed by atoms with Crippen LogP contribution in [0.25, 0.3) is 10.2 Å². The molecule has 0 atom stereocenters. The van der Waals surface area contributed by atoms with Gasteiger partial charge in [-0.15, -0.1) is 0 Å². The van der Waals surface area contributed by atoms with Gasteiger partial charge in [-0.1, -0.05) is 41.1 Å². The number of amides is 1. The number of ether oxygens (including phenoxy) is 1. The number of carbonyl (C=O) groups is 2. The Labute approximate surface area is 216 Å². The molecular formula is C25H20ClN3O5S2. The molecule has 0 radical (unpaired) electrons. The molecule has 3 aromatic carbocycles. The van der Waals surface area contributed by atoms with Gasteiger partial charge in [0, 0.05) is 17.1 Å². The quantitative estimate of drug-likeness (QED) is 0.355. The summed E-state index contributed by atoms with van der Waals surface area (Å²) in [5, 5.41) is 0.518. The molecular weight excluding hydrogens is 522 g/mol. The number of sulfonamides is 1. The SMILES string of the molecule is COC(=O)Cn1c(=NC(=O)c2ccc(S(=O)(=O)N3CCc4ccccc43)cc2)sc2cc(Cl)ccc21. The van der Waals surface area contributed by atoms with E-state index in [-0.39, 0.29) is 17.0 Å². The maximum atomic E-state index is 13.2. The van der Waals surface area contributed by atoms with Gasteiger partial charge in [0.25, 0.3) is 15.9 Å². The smallest absolute Gasteiger partial charge is 0.325 e. The predicted octanol–water partition coefficient (Wildman–Crippen LogP) is 4.02. The van der Waals surface area contributed by atoms with E-state index < -0.39 is 21.9 Å². The molecule has 1 amide bonds. The molecule has 11 heteroatoms. The van der Waals surface area contributed by atoms with E-state index in [1.54, 1.807) is 28.8 Å². The standard InChI is InChI=1S/C25H20ClN3O5S2/c1-34-23(30)15-28-21-11-8-18(26)14-22(21)35-25(28)27-24(31)17-6-9-19(10-7-17)36(32,33)29-13-12-16-4-2-3-5-20(16)29/h2-11,14H,12-13,15H2,1H3. The second-order valence-corrected chi connectivity index (χ2v) is 11.4. The van der Waals surface area contributed by atoms with Gasteiger partial charge in [-0.3, -0.25) is 13.9 Å². The lowest BCUT2D eigenvalue weighted by molar-refractivity contribution is -0.141. The van der Waals surface area contributed by atoms with E-state index in [1.165, 1.54) is 47.0 Å². The molecule has 8 nitrogen and oxygen atoms in total. The zero-order valence-corrected chi connectivity index (χ0v) is 21.4. The van der Waals surface area contributed by atoms with Crippen LogP contribution in [-0.4, -0.2) is 38.5 Å². The van der Waals surface area contributed by atoms with Gasteiger partial charge in [0.1, 0.15) is 6.54 Å². The summed E-state index contributed by atoms with van der Waals surface area (Å²) in [6.07, 6.45) is 0.650. The number of rotatable bonds is 5. The molecule has 36 heavy (non-hydrogen) atoms. The summed E-state index contributed by atoms with van der Waals surface area (Å²) in [6.45, 7) is 0.243. The Morgan fingerprint density at radius 3 is 2.58 bits per heavy atom. The fourth-order valence-corrected chi connectivity index (χ4v) is 6.89. The summed E-state index contributed by atoms with van der Waals surface area (Å²) in [5.74, 6) is -1.06. The lowest BCUT2D eigenvalue weighted by Gasteiger charge is -2.19. The number of methoxy groups -OCH3 is 1. The number of anilines is 1. The van der Waals surface area contributed by atoms with Crippen LogP contribution in [0.15, 0.2) is 76.6 Å². The maximum Gasteiger partial charge on any atom is 0.325 e. The number of fused-ring (bicyclic) bond motifs is 2. The van der Waals surface area contributed by atoms with Crippen LogP contribution < -0.4 is 9.11 Å². The molecule has 0 N–H and O–H groups in total. The molecule has 0 bridgehead atoms. The van der Waals surface area contributed by atoms with Crippen molar-refractivity contribution < 1.29 is 22.7 Å². The van der Waals surface area contributed by atoms with E-state index in [0.29, 0.717) is 34.0 Å². The normalized spacial score (nSPS) is 13.7. The van der Waals surface area contributed by atoms with E-state index in [9.17, 15) is 18.0 Å². The van der Waals surface area contributed by atoms with Crippen molar-refractivity contribution in [2.45, 2.75) is 17.9 Å². The van der Waals surface area contributed by atoms with E-state index in [1.807, 2.05) is 18.2 Å². The third-order valence-electron chi connectivity index (χ3n) is 5.89. The van der Waals surface area contributed by atoms with Gasteiger partial charge in [0.05, 0.1) is 27.9 Å². The molecule has 1 aromatic heterocycles. The largest absolute Gasteiger partial charge is 0.468 e. The number of esters is 1. The molecule has 0 fully saturated rings. The Morgan fingerprint density at radius 2 is 1.83 bits per heavy atom. The summed E-state index contributed by atoms with van der Waals surface area (Å²) in [6, 6.07) is 18.3. The molecule has 2 heterocycles. The molecule has 5 rings (SSSR count). The number of aromatic nitrogens is 1. The van der Waals surface area contributed by atoms with Crippen molar-refractivity contribution in [2.75, 3.05) is 18.0 Å². The van der Waals surface area contributed by atoms with Crippen molar-refractivity contribution in [1.82, 2.24) is 4.57 Å². The van der Waals surface area contributed by atoms with Crippen LogP contribution in [0.2, 0.25) is 5.02 Å². The van der Waals surface area contributed by atoms with Crippen molar-refractivity contribution in [2.24, 2.45) is 4.99 Å². The molecule has 1 aliphatic rings. The first-order chi connectivity index (χ1) is 17.3. The van der Waals surface area contributed by atoms with Crippen molar-refractivity contribution in [3.05, 3.63) is 87.7 Å². The van der Waals surface area contributed by atoms with Crippen molar-refractivity contribution in [1.29, 1.82) is 0 Å². The van der Waals surface area contributed by atoms with Crippen LogP contribution in [0.1, 0.15) is 15.9 Å². The number of carbonyl (C=O) groups excluding carboxylic acids is 2. The monoisotopic (exact) mass is 541 g/mol. The first kappa shape index (κ1) is 24.2. The van der Waals surface area contributed by atoms with Gasteiger partial charge in [0.15, 0.2) is 4.80 Å². The summed E-state index contributed by atoms with van der Waals surface area (Å²) < 4.78 is 35.0. The summed E-state index contributed by atoms with van der Waals surface area (Å²) in [4.78, 5) is 29.5. The molecule has 0 aliphatic carbocycles. The van der Waals surface area contributed by atoms with E-state index in [4.69, 9.17) is 16.3 Å². The number of hydrogen-bond acceptors (Lipinski definition) is 6. The van der Waals surface area contributed by atoms with Crippen LogP contribution in [0.3, 0.4) is 0 Å². The zero-order chi connectivity index (χ0) is 25.4. The lowest BCUT2D eigenvalue weighted by Crippen LogP contribution is -2.29. The topological polar surface area (TPSA) is 98.0 Å². The van der Waals surface area contributed by atoms with E-state index in [2.05, 4.69) is 4.99 Å². The Morgan fingerprint density at radius 1 is 1.08 bits per heavy atom.